The van der Waals surface area contributed by atoms with Gasteiger partial charge in [-0.15, -0.1) is 0 Å². The van der Waals surface area contributed by atoms with Gasteiger partial charge in [0.2, 0.25) is 0 Å². The Labute approximate surface area is 172 Å². The number of nitrogens with zero attached hydrogens (tertiary/aromatic N) is 2. The third-order valence-electron chi connectivity index (χ3n) is 6.54. The zero-order valence-electron chi connectivity index (χ0n) is 17.2. The second-order valence-electron chi connectivity index (χ2n) is 8.05. The van der Waals surface area contributed by atoms with Crippen molar-refractivity contribution >= 4 is 5.65 Å². The molecule has 1 saturated carbocycles. The SMILES string of the molecule is CCc1ccn2c(-c3ccccc3)c(-c3ccc(C4(NC)CCC4)cc3)nc2c1. The summed E-state index contributed by atoms with van der Waals surface area (Å²) in [4.78, 5) is 5.06. The molecule has 1 aliphatic carbocycles. The van der Waals surface area contributed by atoms with E-state index in [1.54, 1.807) is 0 Å². The second-order valence-corrected chi connectivity index (χ2v) is 8.05. The fourth-order valence-corrected chi connectivity index (χ4v) is 4.54. The van der Waals surface area contributed by atoms with Gasteiger partial charge in [0, 0.05) is 22.9 Å². The first-order valence-corrected chi connectivity index (χ1v) is 10.6. The van der Waals surface area contributed by atoms with Crippen LogP contribution in [0, 0.1) is 0 Å². The number of fused-ring (bicyclic) bond motifs is 1. The summed E-state index contributed by atoms with van der Waals surface area (Å²) in [7, 11) is 2.08. The molecule has 3 nitrogen and oxygen atoms in total. The summed E-state index contributed by atoms with van der Waals surface area (Å²) >= 11 is 0. The minimum absolute atomic E-state index is 0.162. The molecule has 0 aliphatic heterocycles. The Morgan fingerprint density at radius 1 is 0.966 bits per heavy atom. The molecule has 1 aliphatic rings. The summed E-state index contributed by atoms with van der Waals surface area (Å²) in [6.07, 6.45) is 6.90. The van der Waals surface area contributed by atoms with E-state index in [0.717, 1.165) is 23.5 Å². The maximum Gasteiger partial charge on any atom is 0.138 e. The van der Waals surface area contributed by atoms with E-state index in [2.05, 4.69) is 96.6 Å². The Hall–Kier alpha value is -2.91. The normalized spacial score (nSPS) is 15.4. The molecule has 2 heterocycles. The number of aromatic nitrogens is 2. The number of nitrogens with one attached hydrogen (secondary N) is 1. The lowest BCUT2D eigenvalue weighted by Gasteiger charge is -2.42. The number of rotatable bonds is 5. The minimum Gasteiger partial charge on any atom is -0.310 e. The number of pyridine rings is 1. The summed E-state index contributed by atoms with van der Waals surface area (Å²) in [5, 5.41) is 3.54. The molecule has 0 radical (unpaired) electrons. The maximum absolute atomic E-state index is 5.06. The molecule has 1 N–H and O–H groups in total. The Morgan fingerprint density at radius 2 is 1.72 bits per heavy atom. The molecule has 0 saturated heterocycles. The van der Waals surface area contributed by atoms with E-state index in [9.17, 15) is 0 Å². The number of hydrogen-bond acceptors (Lipinski definition) is 2. The maximum atomic E-state index is 5.06. The molecule has 0 bridgehead atoms. The van der Waals surface area contributed by atoms with Gasteiger partial charge in [0.15, 0.2) is 0 Å². The summed E-state index contributed by atoms with van der Waals surface area (Å²) < 4.78 is 2.22. The standard InChI is InChI=1S/C26H27N3/c1-3-19-14-17-29-23(18-19)28-24(25(29)21-8-5-4-6-9-21)20-10-12-22(13-11-20)26(27-2)15-7-16-26/h4-6,8-14,17-18,27H,3,7,15-16H2,1-2H3. The predicted octanol–water partition coefficient (Wildman–Crippen LogP) is 5.83. The van der Waals surface area contributed by atoms with E-state index >= 15 is 0 Å². The minimum atomic E-state index is 0.162. The van der Waals surface area contributed by atoms with Crippen LogP contribution in [-0.4, -0.2) is 16.4 Å². The zero-order valence-corrected chi connectivity index (χ0v) is 17.2. The van der Waals surface area contributed by atoms with Crippen molar-refractivity contribution in [1.82, 2.24) is 14.7 Å². The zero-order chi connectivity index (χ0) is 19.8. The molecule has 3 heteroatoms. The molecule has 0 spiro atoms. The topological polar surface area (TPSA) is 29.3 Å². The molecule has 146 valence electrons. The van der Waals surface area contributed by atoms with Gasteiger partial charge in [-0.1, -0.05) is 61.5 Å². The van der Waals surface area contributed by atoms with E-state index < -0.39 is 0 Å². The van der Waals surface area contributed by atoms with Gasteiger partial charge >= 0.3 is 0 Å². The summed E-state index contributed by atoms with van der Waals surface area (Å²) in [6.45, 7) is 2.19. The monoisotopic (exact) mass is 381 g/mol. The molecule has 0 atom stereocenters. The molecule has 5 rings (SSSR count). The Bertz CT molecular complexity index is 1130. The molecule has 29 heavy (non-hydrogen) atoms. The highest BCUT2D eigenvalue weighted by molar-refractivity contribution is 5.82. The van der Waals surface area contributed by atoms with Crippen molar-refractivity contribution in [2.24, 2.45) is 0 Å². The van der Waals surface area contributed by atoms with E-state index in [-0.39, 0.29) is 5.54 Å². The van der Waals surface area contributed by atoms with Crippen LogP contribution < -0.4 is 5.32 Å². The quantitative estimate of drug-likeness (QED) is 0.471. The third kappa shape index (κ3) is 2.97. The molecule has 2 aromatic heterocycles. The first-order chi connectivity index (χ1) is 14.2. The van der Waals surface area contributed by atoms with Gasteiger partial charge in [0.05, 0.1) is 11.4 Å². The van der Waals surface area contributed by atoms with Crippen molar-refractivity contribution in [3.8, 4) is 22.5 Å². The van der Waals surface area contributed by atoms with Crippen LogP contribution in [-0.2, 0) is 12.0 Å². The molecule has 4 aromatic rings. The second kappa shape index (κ2) is 7.16. The highest BCUT2D eigenvalue weighted by atomic mass is 15.0. The first-order valence-electron chi connectivity index (χ1n) is 10.6. The van der Waals surface area contributed by atoms with E-state index in [1.165, 1.54) is 41.5 Å². The van der Waals surface area contributed by atoms with Gasteiger partial charge in [-0.25, -0.2) is 4.98 Å². The Balaban J connectivity index is 1.66. The van der Waals surface area contributed by atoms with Crippen molar-refractivity contribution in [3.63, 3.8) is 0 Å². The van der Waals surface area contributed by atoms with Crippen LogP contribution in [0.15, 0.2) is 72.9 Å². The summed E-state index contributed by atoms with van der Waals surface area (Å²) in [5.41, 5.74) is 8.42. The molecule has 1 fully saturated rings. The van der Waals surface area contributed by atoms with Crippen molar-refractivity contribution < 1.29 is 0 Å². The molecular weight excluding hydrogens is 354 g/mol. The largest absolute Gasteiger partial charge is 0.310 e. The van der Waals surface area contributed by atoms with Crippen molar-refractivity contribution in [2.75, 3.05) is 7.05 Å². The van der Waals surface area contributed by atoms with E-state index in [0.29, 0.717) is 0 Å². The first kappa shape index (κ1) is 18.1. The lowest BCUT2D eigenvalue weighted by Crippen LogP contribution is -2.45. The number of imidazole rings is 1. The van der Waals surface area contributed by atoms with Gasteiger partial charge in [-0.3, -0.25) is 4.40 Å². The smallest absolute Gasteiger partial charge is 0.138 e. The van der Waals surface area contributed by atoms with Crippen LogP contribution >= 0.6 is 0 Å². The van der Waals surface area contributed by atoms with Crippen LogP contribution in [0.1, 0.15) is 37.3 Å². The van der Waals surface area contributed by atoms with Gasteiger partial charge in [0.25, 0.3) is 0 Å². The number of aryl methyl sites for hydroxylation is 1. The molecule has 0 amide bonds. The van der Waals surface area contributed by atoms with E-state index in [4.69, 9.17) is 4.98 Å². The third-order valence-corrected chi connectivity index (χ3v) is 6.54. The van der Waals surface area contributed by atoms with Gasteiger partial charge in [-0.05, 0) is 56.0 Å². The average molecular weight is 382 g/mol. The summed E-state index contributed by atoms with van der Waals surface area (Å²) in [5.74, 6) is 0. The lowest BCUT2D eigenvalue weighted by atomic mass is 9.72. The van der Waals surface area contributed by atoms with Gasteiger partial charge in [0.1, 0.15) is 5.65 Å². The van der Waals surface area contributed by atoms with Crippen LogP contribution in [0.5, 0.6) is 0 Å². The Kier molecular flexibility index (Phi) is 4.48. The van der Waals surface area contributed by atoms with Crippen LogP contribution in [0.2, 0.25) is 0 Å². The highest BCUT2D eigenvalue weighted by Gasteiger charge is 2.36. The van der Waals surface area contributed by atoms with Crippen LogP contribution in [0.25, 0.3) is 28.2 Å². The average Bonchev–Trinajstić information content (AvgIpc) is 3.13. The highest BCUT2D eigenvalue weighted by Crippen LogP contribution is 2.42. The molecular formula is C26H27N3. The lowest BCUT2D eigenvalue weighted by molar-refractivity contribution is 0.201. The summed E-state index contributed by atoms with van der Waals surface area (Å²) in [6, 6.07) is 24.0. The predicted molar refractivity (Wildman–Crippen MR) is 120 cm³/mol. The van der Waals surface area contributed by atoms with Crippen molar-refractivity contribution in [2.45, 2.75) is 38.1 Å². The van der Waals surface area contributed by atoms with Crippen molar-refractivity contribution in [1.29, 1.82) is 0 Å². The fourth-order valence-electron chi connectivity index (χ4n) is 4.54. The molecule has 2 aromatic carbocycles. The van der Waals surface area contributed by atoms with Gasteiger partial charge < -0.3 is 5.32 Å². The number of benzene rings is 2. The van der Waals surface area contributed by atoms with E-state index in [1.807, 2.05) is 0 Å². The molecule has 0 unspecified atom stereocenters. The number of hydrogen-bond donors (Lipinski definition) is 1. The van der Waals surface area contributed by atoms with Gasteiger partial charge in [-0.2, -0.15) is 0 Å². The Morgan fingerprint density at radius 3 is 2.34 bits per heavy atom. The van der Waals surface area contributed by atoms with Crippen LogP contribution in [0.3, 0.4) is 0 Å². The fraction of sp³-hybridized carbons (Fsp3) is 0.269. The van der Waals surface area contributed by atoms with Crippen LogP contribution in [0.4, 0.5) is 0 Å². The van der Waals surface area contributed by atoms with Crippen molar-refractivity contribution in [3.05, 3.63) is 84.1 Å².